The predicted octanol–water partition coefficient (Wildman–Crippen LogP) is 4.07. The first-order chi connectivity index (χ1) is 11.5. The molecule has 0 saturated heterocycles. The zero-order valence-electron chi connectivity index (χ0n) is 13.4. The summed E-state index contributed by atoms with van der Waals surface area (Å²) in [6, 6.07) is 13.9. The van der Waals surface area contributed by atoms with E-state index in [9.17, 15) is 9.18 Å². The second-order valence-corrected chi connectivity index (χ2v) is 6.55. The largest absolute Gasteiger partial charge is 0.445 e. The average molecular weight is 395 g/mol. The lowest BCUT2D eigenvalue weighted by Gasteiger charge is -2.24. The Kier molecular flexibility index (Phi) is 6.75. The molecule has 0 aromatic heterocycles. The van der Waals surface area contributed by atoms with Gasteiger partial charge in [-0.25, -0.2) is 9.18 Å². The van der Waals surface area contributed by atoms with Gasteiger partial charge in [0.15, 0.2) is 0 Å². The van der Waals surface area contributed by atoms with E-state index in [1.807, 2.05) is 30.3 Å². The molecule has 2 aromatic carbocycles. The van der Waals surface area contributed by atoms with Crippen LogP contribution in [0.5, 0.6) is 0 Å². The van der Waals surface area contributed by atoms with Crippen molar-refractivity contribution >= 4 is 22.0 Å². The fourth-order valence-corrected chi connectivity index (χ4v) is 2.55. The zero-order valence-corrected chi connectivity index (χ0v) is 15.0. The number of carbonyl (C=O) groups is 1. The van der Waals surface area contributed by atoms with Crippen molar-refractivity contribution in [2.45, 2.75) is 26.1 Å². The predicted molar refractivity (Wildman–Crippen MR) is 94.8 cm³/mol. The fourth-order valence-electron chi connectivity index (χ4n) is 2.22. The van der Waals surface area contributed by atoms with Gasteiger partial charge in [-0.15, -0.1) is 0 Å². The normalized spacial score (nSPS) is 11.8. The number of hydrogen-bond donors (Lipinski definition) is 1. The standard InChI is InChI=1S/C18H20BrFN2O2/c1-13(21)10-22(11-15-7-8-16(19)9-17(15)20)18(23)24-12-14-5-3-2-4-6-14/h2-9,13H,10-12,21H2,1H3. The van der Waals surface area contributed by atoms with Crippen LogP contribution in [0.2, 0.25) is 0 Å². The molecule has 2 rings (SSSR count). The van der Waals surface area contributed by atoms with Crippen LogP contribution in [-0.2, 0) is 17.9 Å². The summed E-state index contributed by atoms with van der Waals surface area (Å²) >= 11 is 3.22. The van der Waals surface area contributed by atoms with Crippen molar-refractivity contribution in [3.05, 3.63) is 69.9 Å². The molecule has 0 spiro atoms. The van der Waals surface area contributed by atoms with E-state index < -0.39 is 6.09 Å². The first-order valence-corrected chi connectivity index (χ1v) is 8.40. The molecule has 0 fully saturated rings. The molecule has 0 bridgehead atoms. The van der Waals surface area contributed by atoms with Gasteiger partial charge in [0.1, 0.15) is 12.4 Å². The number of nitrogens with two attached hydrogens (primary N) is 1. The molecule has 1 unspecified atom stereocenters. The monoisotopic (exact) mass is 394 g/mol. The summed E-state index contributed by atoms with van der Waals surface area (Å²) < 4.78 is 20.0. The zero-order chi connectivity index (χ0) is 17.5. The van der Waals surface area contributed by atoms with E-state index in [1.165, 1.54) is 11.0 Å². The molecule has 6 heteroatoms. The van der Waals surface area contributed by atoms with Gasteiger partial charge in [0.2, 0.25) is 0 Å². The molecular weight excluding hydrogens is 375 g/mol. The summed E-state index contributed by atoms with van der Waals surface area (Å²) in [4.78, 5) is 13.8. The minimum atomic E-state index is -0.515. The van der Waals surface area contributed by atoms with Crippen LogP contribution in [0.1, 0.15) is 18.1 Å². The first kappa shape index (κ1) is 18.4. The van der Waals surface area contributed by atoms with Crippen molar-refractivity contribution in [3.8, 4) is 0 Å². The number of nitrogens with zero attached hydrogens (tertiary/aromatic N) is 1. The highest BCUT2D eigenvalue weighted by molar-refractivity contribution is 9.10. The third-order valence-electron chi connectivity index (χ3n) is 3.35. The van der Waals surface area contributed by atoms with Gasteiger partial charge in [-0.1, -0.05) is 52.3 Å². The second-order valence-electron chi connectivity index (χ2n) is 5.63. The SMILES string of the molecule is CC(N)CN(Cc1ccc(Br)cc1F)C(=O)OCc1ccccc1. The molecule has 0 saturated carbocycles. The van der Waals surface area contributed by atoms with Crippen molar-refractivity contribution in [1.82, 2.24) is 4.90 Å². The Hall–Kier alpha value is -1.92. The van der Waals surface area contributed by atoms with Crippen LogP contribution in [0.4, 0.5) is 9.18 Å². The maximum Gasteiger partial charge on any atom is 0.410 e. The summed E-state index contributed by atoms with van der Waals surface area (Å²) in [6.07, 6.45) is -0.515. The van der Waals surface area contributed by atoms with Crippen LogP contribution in [0.15, 0.2) is 53.0 Å². The van der Waals surface area contributed by atoms with Gasteiger partial charge < -0.3 is 15.4 Å². The highest BCUT2D eigenvalue weighted by Crippen LogP contribution is 2.17. The van der Waals surface area contributed by atoms with Crippen LogP contribution in [-0.4, -0.2) is 23.6 Å². The number of benzene rings is 2. The lowest BCUT2D eigenvalue weighted by atomic mass is 10.2. The van der Waals surface area contributed by atoms with Crippen LogP contribution in [0.25, 0.3) is 0 Å². The first-order valence-electron chi connectivity index (χ1n) is 7.61. The van der Waals surface area contributed by atoms with Crippen LogP contribution in [0.3, 0.4) is 0 Å². The highest BCUT2D eigenvalue weighted by Gasteiger charge is 2.19. The molecular formula is C18H20BrFN2O2. The Morgan fingerprint density at radius 1 is 1.29 bits per heavy atom. The summed E-state index contributed by atoms with van der Waals surface area (Å²) in [5.41, 5.74) is 7.11. The molecule has 2 N–H and O–H groups in total. The molecule has 0 aliphatic rings. The molecule has 4 nitrogen and oxygen atoms in total. The number of rotatable bonds is 6. The Balaban J connectivity index is 2.05. The minimum absolute atomic E-state index is 0.105. The lowest BCUT2D eigenvalue weighted by Crippen LogP contribution is -2.39. The number of ether oxygens (including phenoxy) is 1. The van der Waals surface area contributed by atoms with Gasteiger partial charge >= 0.3 is 6.09 Å². The Morgan fingerprint density at radius 3 is 2.62 bits per heavy atom. The average Bonchev–Trinajstić information content (AvgIpc) is 2.55. The van der Waals surface area contributed by atoms with E-state index in [4.69, 9.17) is 10.5 Å². The van der Waals surface area contributed by atoms with E-state index in [0.29, 0.717) is 10.0 Å². The van der Waals surface area contributed by atoms with Crippen molar-refractivity contribution < 1.29 is 13.9 Å². The molecule has 1 atom stereocenters. The second kappa shape index (κ2) is 8.80. The summed E-state index contributed by atoms with van der Waals surface area (Å²) in [6.45, 7) is 2.34. The van der Waals surface area contributed by atoms with Gasteiger partial charge in [0.05, 0.1) is 6.54 Å². The van der Waals surface area contributed by atoms with Gasteiger partial charge in [-0.2, -0.15) is 0 Å². The van der Waals surface area contributed by atoms with Crippen molar-refractivity contribution in [1.29, 1.82) is 0 Å². The smallest absolute Gasteiger partial charge is 0.410 e. The van der Waals surface area contributed by atoms with Gasteiger partial charge in [-0.3, -0.25) is 0 Å². The van der Waals surface area contributed by atoms with E-state index in [-0.39, 0.29) is 31.6 Å². The number of hydrogen-bond acceptors (Lipinski definition) is 3. The fraction of sp³-hybridized carbons (Fsp3) is 0.278. The number of carbonyl (C=O) groups excluding carboxylic acids is 1. The van der Waals surface area contributed by atoms with E-state index in [2.05, 4.69) is 15.9 Å². The van der Waals surface area contributed by atoms with Crippen LogP contribution in [0, 0.1) is 5.82 Å². The van der Waals surface area contributed by atoms with Gasteiger partial charge in [0.25, 0.3) is 0 Å². The summed E-state index contributed by atoms with van der Waals surface area (Å²) in [5, 5.41) is 0. The lowest BCUT2D eigenvalue weighted by molar-refractivity contribution is 0.0916. The van der Waals surface area contributed by atoms with Crippen LogP contribution >= 0.6 is 15.9 Å². The Bertz CT molecular complexity index is 680. The molecule has 0 radical (unpaired) electrons. The summed E-state index contributed by atoms with van der Waals surface area (Å²) in [5.74, 6) is -0.380. The summed E-state index contributed by atoms with van der Waals surface area (Å²) in [7, 11) is 0. The quantitative estimate of drug-likeness (QED) is 0.802. The molecule has 0 heterocycles. The van der Waals surface area contributed by atoms with E-state index >= 15 is 0 Å². The van der Waals surface area contributed by atoms with Crippen molar-refractivity contribution in [2.24, 2.45) is 5.73 Å². The van der Waals surface area contributed by atoms with Crippen molar-refractivity contribution in [3.63, 3.8) is 0 Å². The maximum absolute atomic E-state index is 14.0. The highest BCUT2D eigenvalue weighted by atomic mass is 79.9. The van der Waals surface area contributed by atoms with Crippen molar-refractivity contribution in [2.75, 3.05) is 6.54 Å². The molecule has 128 valence electrons. The van der Waals surface area contributed by atoms with Crippen LogP contribution < -0.4 is 5.73 Å². The number of halogens is 2. The van der Waals surface area contributed by atoms with Gasteiger partial charge in [0, 0.05) is 22.6 Å². The Labute approximate surface area is 149 Å². The topological polar surface area (TPSA) is 55.6 Å². The molecule has 2 aromatic rings. The third-order valence-corrected chi connectivity index (χ3v) is 3.84. The third kappa shape index (κ3) is 5.62. The molecule has 0 aliphatic heterocycles. The Morgan fingerprint density at radius 2 is 2.00 bits per heavy atom. The van der Waals surface area contributed by atoms with Gasteiger partial charge in [-0.05, 0) is 24.6 Å². The van der Waals surface area contributed by atoms with E-state index in [0.717, 1.165) is 5.56 Å². The molecule has 24 heavy (non-hydrogen) atoms. The number of amides is 1. The maximum atomic E-state index is 14.0. The van der Waals surface area contributed by atoms with E-state index in [1.54, 1.807) is 19.1 Å². The molecule has 0 aliphatic carbocycles. The molecule has 1 amide bonds. The minimum Gasteiger partial charge on any atom is -0.445 e.